The summed E-state index contributed by atoms with van der Waals surface area (Å²) in [6.45, 7) is 1.58. The van der Waals surface area contributed by atoms with Gasteiger partial charge < -0.3 is 10.4 Å². The SMILES string of the molecule is Cc1cc(NC(=O)c2cccc(S(=O)(=O)N[C@H]3CCC[C@H]3O)c2)ccc1F. The number of aryl methyl sites for hydroxylation is 1. The number of aliphatic hydroxyl groups is 1. The van der Waals surface area contributed by atoms with E-state index in [0.717, 1.165) is 6.42 Å². The van der Waals surface area contributed by atoms with Crippen LogP contribution >= 0.6 is 0 Å². The van der Waals surface area contributed by atoms with E-state index in [4.69, 9.17) is 0 Å². The molecule has 27 heavy (non-hydrogen) atoms. The number of hydrogen-bond acceptors (Lipinski definition) is 4. The molecule has 3 rings (SSSR count). The van der Waals surface area contributed by atoms with Crippen LogP contribution in [0.3, 0.4) is 0 Å². The van der Waals surface area contributed by atoms with Gasteiger partial charge >= 0.3 is 0 Å². The molecule has 0 heterocycles. The summed E-state index contributed by atoms with van der Waals surface area (Å²) in [5.41, 5.74) is 0.967. The molecule has 0 spiro atoms. The largest absolute Gasteiger partial charge is 0.391 e. The fraction of sp³-hybridized carbons (Fsp3) is 0.316. The quantitative estimate of drug-likeness (QED) is 0.729. The first-order valence-electron chi connectivity index (χ1n) is 8.64. The monoisotopic (exact) mass is 392 g/mol. The molecule has 0 aliphatic heterocycles. The highest BCUT2D eigenvalue weighted by molar-refractivity contribution is 7.89. The summed E-state index contributed by atoms with van der Waals surface area (Å²) in [5.74, 6) is -0.875. The van der Waals surface area contributed by atoms with Gasteiger partial charge in [-0.05, 0) is 68.1 Å². The second-order valence-corrected chi connectivity index (χ2v) is 8.39. The van der Waals surface area contributed by atoms with Crippen LogP contribution in [0.4, 0.5) is 10.1 Å². The molecule has 0 unspecified atom stereocenters. The van der Waals surface area contributed by atoms with Crippen LogP contribution in [0.15, 0.2) is 47.4 Å². The molecule has 2 atom stereocenters. The van der Waals surface area contributed by atoms with E-state index in [9.17, 15) is 22.7 Å². The average Bonchev–Trinajstić information content (AvgIpc) is 3.02. The summed E-state index contributed by atoms with van der Waals surface area (Å²) < 4.78 is 40.9. The Labute approximate surface area is 157 Å². The van der Waals surface area contributed by atoms with Crippen molar-refractivity contribution in [3.63, 3.8) is 0 Å². The number of benzene rings is 2. The molecular formula is C19H21FN2O4S. The zero-order chi connectivity index (χ0) is 19.6. The Morgan fingerprint density at radius 2 is 1.96 bits per heavy atom. The van der Waals surface area contributed by atoms with Crippen molar-refractivity contribution in [2.75, 3.05) is 5.32 Å². The Morgan fingerprint density at radius 3 is 2.63 bits per heavy atom. The number of hydrogen-bond donors (Lipinski definition) is 3. The lowest BCUT2D eigenvalue weighted by Crippen LogP contribution is -2.39. The van der Waals surface area contributed by atoms with Gasteiger partial charge in [0.1, 0.15) is 5.82 Å². The molecule has 0 bridgehead atoms. The summed E-state index contributed by atoms with van der Waals surface area (Å²) in [6, 6.07) is 9.30. The molecule has 3 N–H and O–H groups in total. The van der Waals surface area contributed by atoms with Gasteiger partial charge in [-0.25, -0.2) is 17.5 Å². The van der Waals surface area contributed by atoms with E-state index in [1.165, 1.54) is 42.5 Å². The minimum Gasteiger partial charge on any atom is -0.391 e. The van der Waals surface area contributed by atoms with Crippen molar-refractivity contribution >= 4 is 21.6 Å². The minimum atomic E-state index is -3.86. The lowest BCUT2D eigenvalue weighted by Gasteiger charge is -2.17. The minimum absolute atomic E-state index is 0.0514. The Bertz CT molecular complexity index is 962. The Balaban J connectivity index is 1.77. The van der Waals surface area contributed by atoms with E-state index < -0.39 is 28.1 Å². The lowest BCUT2D eigenvalue weighted by molar-refractivity contribution is 0.102. The van der Waals surface area contributed by atoms with Crippen LogP contribution in [-0.2, 0) is 10.0 Å². The molecule has 1 amide bonds. The second-order valence-electron chi connectivity index (χ2n) is 6.67. The van der Waals surface area contributed by atoms with Crippen LogP contribution in [0.1, 0.15) is 35.2 Å². The Hall–Kier alpha value is -2.29. The van der Waals surface area contributed by atoms with Crippen molar-refractivity contribution in [3.05, 3.63) is 59.4 Å². The standard InChI is InChI=1S/C19H21FN2O4S/c1-12-10-14(8-9-16(12)20)21-19(24)13-4-2-5-15(11-13)27(25,26)22-17-6-3-7-18(17)23/h2,4-5,8-11,17-18,22-23H,3,6-7H2,1H3,(H,21,24)/t17-,18+/m0/s1. The van der Waals surface area contributed by atoms with E-state index in [1.807, 2.05) is 0 Å². The van der Waals surface area contributed by atoms with E-state index in [2.05, 4.69) is 10.0 Å². The fourth-order valence-electron chi connectivity index (χ4n) is 3.08. The summed E-state index contributed by atoms with van der Waals surface area (Å²) in [4.78, 5) is 12.4. The summed E-state index contributed by atoms with van der Waals surface area (Å²) in [7, 11) is -3.86. The van der Waals surface area contributed by atoms with Crippen molar-refractivity contribution in [3.8, 4) is 0 Å². The lowest BCUT2D eigenvalue weighted by atomic mass is 10.2. The van der Waals surface area contributed by atoms with Gasteiger partial charge in [-0.3, -0.25) is 4.79 Å². The highest BCUT2D eigenvalue weighted by Gasteiger charge is 2.30. The van der Waals surface area contributed by atoms with Crippen LogP contribution in [0, 0.1) is 12.7 Å². The topological polar surface area (TPSA) is 95.5 Å². The van der Waals surface area contributed by atoms with Crippen molar-refractivity contribution in [2.24, 2.45) is 0 Å². The summed E-state index contributed by atoms with van der Waals surface area (Å²) >= 11 is 0. The molecule has 6 nitrogen and oxygen atoms in total. The van der Waals surface area contributed by atoms with Crippen molar-refractivity contribution < 1.29 is 22.7 Å². The maximum Gasteiger partial charge on any atom is 0.255 e. The molecule has 1 aliphatic rings. The number of halogens is 1. The van der Waals surface area contributed by atoms with Crippen molar-refractivity contribution in [1.82, 2.24) is 4.72 Å². The number of nitrogens with one attached hydrogen (secondary N) is 2. The van der Waals surface area contributed by atoms with Crippen LogP contribution in [-0.4, -0.2) is 31.6 Å². The van der Waals surface area contributed by atoms with E-state index in [-0.39, 0.29) is 16.3 Å². The van der Waals surface area contributed by atoms with E-state index in [0.29, 0.717) is 24.1 Å². The molecule has 144 valence electrons. The average molecular weight is 392 g/mol. The molecule has 2 aromatic rings. The van der Waals surface area contributed by atoms with Gasteiger partial charge in [0, 0.05) is 17.3 Å². The first kappa shape index (κ1) is 19.5. The normalized spacial score (nSPS) is 19.8. The zero-order valence-corrected chi connectivity index (χ0v) is 15.6. The summed E-state index contributed by atoms with van der Waals surface area (Å²) in [6.07, 6.45) is 1.19. The maximum absolute atomic E-state index is 13.3. The van der Waals surface area contributed by atoms with Crippen molar-refractivity contribution in [1.29, 1.82) is 0 Å². The highest BCUT2D eigenvalue weighted by Crippen LogP contribution is 2.22. The third-order valence-corrected chi connectivity index (χ3v) is 6.10. The van der Waals surface area contributed by atoms with Gasteiger partial charge in [-0.1, -0.05) is 6.07 Å². The predicted octanol–water partition coefficient (Wildman–Crippen LogP) is 2.58. The van der Waals surface area contributed by atoms with Gasteiger partial charge in [-0.15, -0.1) is 0 Å². The van der Waals surface area contributed by atoms with E-state index >= 15 is 0 Å². The Morgan fingerprint density at radius 1 is 1.19 bits per heavy atom. The Kier molecular flexibility index (Phi) is 5.59. The third kappa shape index (κ3) is 4.52. The van der Waals surface area contributed by atoms with Gasteiger partial charge in [0.25, 0.3) is 5.91 Å². The van der Waals surface area contributed by atoms with Crippen LogP contribution in [0.2, 0.25) is 0 Å². The number of rotatable bonds is 5. The fourth-order valence-corrected chi connectivity index (χ4v) is 4.42. The molecule has 8 heteroatoms. The molecular weight excluding hydrogens is 371 g/mol. The second kappa shape index (κ2) is 7.75. The number of carbonyl (C=O) groups is 1. The summed E-state index contributed by atoms with van der Waals surface area (Å²) in [5, 5.41) is 12.5. The smallest absolute Gasteiger partial charge is 0.255 e. The highest BCUT2D eigenvalue weighted by atomic mass is 32.2. The third-order valence-electron chi connectivity index (χ3n) is 4.61. The number of aliphatic hydroxyl groups excluding tert-OH is 1. The first-order chi connectivity index (χ1) is 12.8. The molecule has 0 saturated heterocycles. The molecule has 1 fully saturated rings. The van der Waals surface area contributed by atoms with Crippen molar-refractivity contribution in [2.45, 2.75) is 43.2 Å². The van der Waals surface area contributed by atoms with Crippen LogP contribution < -0.4 is 10.0 Å². The molecule has 1 saturated carbocycles. The molecule has 2 aromatic carbocycles. The van der Waals surface area contributed by atoms with E-state index in [1.54, 1.807) is 6.92 Å². The predicted molar refractivity (Wildman–Crippen MR) is 99.5 cm³/mol. The van der Waals surface area contributed by atoms with Gasteiger partial charge in [0.15, 0.2) is 0 Å². The maximum atomic E-state index is 13.3. The number of amides is 1. The van der Waals surface area contributed by atoms with Gasteiger partial charge in [-0.2, -0.15) is 0 Å². The van der Waals surface area contributed by atoms with Crippen LogP contribution in [0.25, 0.3) is 0 Å². The van der Waals surface area contributed by atoms with Crippen LogP contribution in [0.5, 0.6) is 0 Å². The first-order valence-corrected chi connectivity index (χ1v) is 10.1. The molecule has 1 aliphatic carbocycles. The van der Waals surface area contributed by atoms with Gasteiger partial charge in [0.2, 0.25) is 10.0 Å². The number of anilines is 1. The molecule has 0 aromatic heterocycles. The number of sulfonamides is 1. The molecule has 0 radical (unpaired) electrons. The number of carbonyl (C=O) groups excluding carboxylic acids is 1. The zero-order valence-electron chi connectivity index (χ0n) is 14.8. The van der Waals surface area contributed by atoms with Gasteiger partial charge in [0.05, 0.1) is 11.0 Å².